The zero-order chi connectivity index (χ0) is 15.4. The number of pyridine rings is 1. The van der Waals surface area contributed by atoms with Crippen molar-refractivity contribution in [3.63, 3.8) is 0 Å². The number of aromatic nitrogens is 1. The topological polar surface area (TPSA) is 67.5 Å². The third-order valence-electron chi connectivity index (χ3n) is 3.25. The number of rotatable bonds is 4. The smallest absolute Gasteiger partial charge is 0.247 e. The summed E-state index contributed by atoms with van der Waals surface area (Å²) in [6.07, 6.45) is 3.44. The van der Waals surface area contributed by atoms with Gasteiger partial charge < -0.3 is 9.84 Å². The van der Waals surface area contributed by atoms with E-state index >= 15 is 0 Å². The number of ketones is 1. The molecule has 0 unspecified atom stereocenters. The van der Waals surface area contributed by atoms with E-state index in [1.165, 1.54) is 6.92 Å². The highest BCUT2D eigenvalue weighted by Gasteiger charge is 2.07. The van der Waals surface area contributed by atoms with Gasteiger partial charge in [-0.1, -0.05) is 18.2 Å². The van der Waals surface area contributed by atoms with Gasteiger partial charge in [0.2, 0.25) is 5.55 Å². The minimum atomic E-state index is -0.0843. The van der Waals surface area contributed by atoms with Crippen LogP contribution in [0.4, 0.5) is 0 Å². The van der Waals surface area contributed by atoms with Crippen LogP contribution in [0.3, 0.4) is 0 Å². The molecule has 0 fully saturated rings. The van der Waals surface area contributed by atoms with Crippen molar-refractivity contribution in [1.82, 2.24) is 10.4 Å². The molecule has 0 atom stereocenters. The quantitative estimate of drug-likeness (QED) is 0.593. The Morgan fingerprint density at radius 2 is 2.00 bits per heavy atom. The average molecular weight is 293 g/mol. The maximum Gasteiger partial charge on any atom is 0.247 e. The molecule has 3 rings (SSSR count). The lowest BCUT2D eigenvalue weighted by atomic mass is 10.1. The number of Topliss-reactive ketones (excluding diaryl/α,β-unsaturated/α-hetero) is 1. The average Bonchev–Trinajstić information content (AvgIpc) is 2.55. The Morgan fingerprint density at radius 1 is 1.23 bits per heavy atom. The Labute approximate surface area is 127 Å². The highest BCUT2D eigenvalue weighted by molar-refractivity contribution is 5.96. The van der Waals surface area contributed by atoms with Crippen molar-refractivity contribution in [1.29, 1.82) is 0 Å². The number of carbonyl (C=O) groups is 1. The lowest BCUT2D eigenvalue weighted by Crippen LogP contribution is -2.18. The van der Waals surface area contributed by atoms with Gasteiger partial charge >= 0.3 is 0 Å². The van der Waals surface area contributed by atoms with Crippen LogP contribution in [0, 0.1) is 0 Å². The van der Waals surface area contributed by atoms with E-state index in [1.807, 2.05) is 36.4 Å². The van der Waals surface area contributed by atoms with Gasteiger partial charge in [-0.2, -0.15) is 0 Å². The number of nitrogens with one attached hydrogen (secondary N) is 1. The van der Waals surface area contributed by atoms with Gasteiger partial charge in [-0.15, -0.1) is 5.10 Å². The summed E-state index contributed by atoms with van der Waals surface area (Å²) in [4.78, 5) is 15.7. The van der Waals surface area contributed by atoms with E-state index < -0.39 is 0 Å². The molecule has 1 N–H and O–H groups in total. The minimum absolute atomic E-state index is 0.0843. The predicted molar refractivity (Wildman–Crippen MR) is 82.9 cm³/mol. The van der Waals surface area contributed by atoms with Gasteiger partial charge in [-0.05, 0) is 36.8 Å². The maximum atomic E-state index is 11.8. The summed E-state index contributed by atoms with van der Waals surface area (Å²) < 4.78 is 5.73. The maximum absolute atomic E-state index is 11.8. The normalized spacial score (nSPS) is 11.6. The van der Waals surface area contributed by atoms with Gasteiger partial charge in [0.05, 0.1) is 12.1 Å². The van der Waals surface area contributed by atoms with Crippen molar-refractivity contribution in [3.05, 3.63) is 71.5 Å². The fourth-order valence-corrected chi connectivity index (χ4v) is 2.11. The summed E-state index contributed by atoms with van der Waals surface area (Å²) in [5, 5.41) is 5.09. The first-order valence-corrected chi connectivity index (χ1v) is 6.93. The monoisotopic (exact) mass is 293 g/mol. The first-order chi connectivity index (χ1) is 10.7. The number of carbonyl (C=O) groups excluding carboxylic acids is 1. The van der Waals surface area contributed by atoms with Gasteiger partial charge in [0.1, 0.15) is 5.58 Å². The van der Waals surface area contributed by atoms with Crippen molar-refractivity contribution in [2.75, 3.05) is 0 Å². The molecule has 0 spiro atoms. The summed E-state index contributed by atoms with van der Waals surface area (Å²) >= 11 is 0. The molecule has 0 saturated carbocycles. The summed E-state index contributed by atoms with van der Waals surface area (Å²) in [6.45, 7) is 2.03. The Bertz CT molecular complexity index is 870. The molecular formula is C17H15N3O2. The summed E-state index contributed by atoms with van der Waals surface area (Å²) in [7, 11) is 0. The Hall–Kier alpha value is -2.95. The summed E-state index contributed by atoms with van der Waals surface area (Å²) in [5.41, 5.74) is 5.42. The Balaban J connectivity index is 1.95. The van der Waals surface area contributed by atoms with Crippen molar-refractivity contribution in [3.8, 4) is 0 Å². The third kappa shape index (κ3) is 3.03. The van der Waals surface area contributed by atoms with Crippen LogP contribution < -0.4 is 11.0 Å². The standard InChI is InChI=1S/C17H15N3O2/c1-12(21)15-10-14-4-2-3-5-16(14)22-17(15)20-19-11-13-6-8-18-9-7-13/h2-10,19H,11H2,1H3. The van der Waals surface area contributed by atoms with Crippen molar-refractivity contribution >= 4 is 16.8 Å². The largest absolute Gasteiger partial charge is 0.436 e. The molecule has 0 amide bonds. The predicted octanol–water partition coefficient (Wildman–Crippen LogP) is 2.64. The number of fused-ring (bicyclic) bond motifs is 1. The van der Waals surface area contributed by atoms with E-state index in [-0.39, 0.29) is 5.78 Å². The molecule has 0 saturated heterocycles. The molecule has 1 aromatic carbocycles. The van der Waals surface area contributed by atoms with Gasteiger partial charge in [0, 0.05) is 17.8 Å². The van der Waals surface area contributed by atoms with Crippen LogP contribution in [0.15, 0.2) is 64.4 Å². The molecule has 2 aromatic heterocycles. The van der Waals surface area contributed by atoms with E-state index in [0.717, 1.165) is 10.9 Å². The molecule has 3 aromatic rings. The SMILES string of the molecule is CC(=O)c1cc2ccccc2oc1=NNCc1ccncc1. The Kier molecular flexibility index (Phi) is 3.96. The van der Waals surface area contributed by atoms with Crippen LogP contribution in [0.25, 0.3) is 11.0 Å². The van der Waals surface area contributed by atoms with Crippen molar-refractivity contribution in [2.24, 2.45) is 5.10 Å². The van der Waals surface area contributed by atoms with Gasteiger partial charge in [0.15, 0.2) is 5.78 Å². The van der Waals surface area contributed by atoms with E-state index in [2.05, 4.69) is 15.5 Å². The molecule has 22 heavy (non-hydrogen) atoms. The van der Waals surface area contributed by atoms with E-state index in [9.17, 15) is 4.79 Å². The molecule has 5 heteroatoms. The van der Waals surface area contributed by atoms with Crippen LogP contribution in [-0.2, 0) is 6.54 Å². The molecule has 0 radical (unpaired) electrons. The van der Waals surface area contributed by atoms with Gasteiger partial charge in [0.25, 0.3) is 0 Å². The molecule has 5 nitrogen and oxygen atoms in total. The Morgan fingerprint density at radius 3 is 2.77 bits per heavy atom. The molecule has 2 heterocycles. The zero-order valence-corrected chi connectivity index (χ0v) is 12.1. The molecule has 0 bridgehead atoms. The fourth-order valence-electron chi connectivity index (χ4n) is 2.11. The summed E-state index contributed by atoms with van der Waals surface area (Å²) in [5.74, 6) is -0.0843. The molecule has 0 aliphatic heterocycles. The second-order valence-electron chi connectivity index (χ2n) is 4.86. The van der Waals surface area contributed by atoms with Crippen LogP contribution in [-0.4, -0.2) is 10.8 Å². The lowest BCUT2D eigenvalue weighted by Gasteiger charge is -2.03. The van der Waals surface area contributed by atoms with Crippen LogP contribution in [0.2, 0.25) is 0 Å². The summed E-state index contributed by atoms with van der Waals surface area (Å²) in [6, 6.07) is 13.1. The van der Waals surface area contributed by atoms with Crippen LogP contribution in [0.1, 0.15) is 22.8 Å². The first-order valence-electron chi connectivity index (χ1n) is 6.93. The number of hydrogen-bond acceptors (Lipinski definition) is 5. The first kappa shape index (κ1) is 14.0. The molecular weight excluding hydrogens is 278 g/mol. The van der Waals surface area contributed by atoms with Gasteiger partial charge in [-0.25, -0.2) is 0 Å². The number of para-hydroxylation sites is 1. The van der Waals surface area contributed by atoms with E-state index in [4.69, 9.17) is 4.42 Å². The van der Waals surface area contributed by atoms with Gasteiger partial charge in [-0.3, -0.25) is 9.78 Å². The van der Waals surface area contributed by atoms with E-state index in [0.29, 0.717) is 23.2 Å². The van der Waals surface area contributed by atoms with Crippen molar-refractivity contribution in [2.45, 2.75) is 13.5 Å². The molecule has 0 aliphatic rings. The fraction of sp³-hybridized carbons (Fsp3) is 0.118. The highest BCUT2D eigenvalue weighted by Crippen LogP contribution is 2.12. The zero-order valence-electron chi connectivity index (χ0n) is 12.1. The number of benzene rings is 1. The second-order valence-corrected chi connectivity index (χ2v) is 4.86. The van der Waals surface area contributed by atoms with Crippen molar-refractivity contribution < 1.29 is 9.21 Å². The number of nitrogens with zero attached hydrogens (tertiary/aromatic N) is 2. The molecule has 0 aliphatic carbocycles. The van der Waals surface area contributed by atoms with E-state index in [1.54, 1.807) is 18.5 Å². The molecule has 110 valence electrons. The number of hydrogen-bond donors (Lipinski definition) is 1. The van der Waals surface area contributed by atoms with Crippen LogP contribution >= 0.6 is 0 Å². The third-order valence-corrected chi connectivity index (χ3v) is 3.25. The lowest BCUT2D eigenvalue weighted by molar-refractivity contribution is 0.101. The highest BCUT2D eigenvalue weighted by atomic mass is 16.3. The van der Waals surface area contributed by atoms with Crippen LogP contribution in [0.5, 0.6) is 0 Å². The second kappa shape index (κ2) is 6.22. The minimum Gasteiger partial charge on any atom is -0.436 e.